The molecule has 2 fully saturated rings. The van der Waals surface area contributed by atoms with Gasteiger partial charge in [0.25, 0.3) is 0 Å². The molecule has 3 N–H and O–H groups in total. The number of hydrogen-bond acceptors (Lipinski definition) is 4. The molecule has 2 aliphatic rings. The molecule has 0 bridgehead atoms. The van der Waals surface area contributed by atoms with E-state index in [0.717, 1.165) is 38.9 Å². The van der Waals surface area contributed by atoms with E-state index >= 15 is 0 Å². The molecule has 1 aromatic rings. The van der Waals surface area contributed by atoms with Crippen LogP contribution in [0.4, 0.5) is 0 Å². The number of nitrogens with zero attached hydrogens (tertiary/aromatic N) is 2. The lowest BCUT2D eigenvalue weighted by Gasteiger charge is -2.47. The monoisotopic (exact) mass is 334 g/mol. The van der Waals surface area contributed by atoms with Gasteiger partial charge in [0.2, 0.25) is 0 Å². The second-order valence-electron chi connectivity index (χ2n) is 8.07. The summed E-state index contributed by atoms with van der Waals surface area (Å²) in [6.45, 7) is 2.98. The van der Waals surface area contributed by atoms with E-state index in [-0.39, 0.29) is 11.5 Å². The van der Waals surface area contributed by atoms with E-state index in [2.05, 4.69) is 27.5 Å². The van der Waals surface area contributed by atoms with E-state index < -0.39 is 0 Å². The second kappa shape index (κ2) is 7.98. The molecule has 0 saturated heterocycles. The molecule has 136 valence electrons. The molecular formula is C19H34N4O. The van der Waals surface area contributed by atoms with Crippen LogP contribution >= 0.6 is 0 Å². The molecule has 2 atom stereocenters. The quantitative estimate of drug-likeness (QED) is 0.748. The van der Waals surface area contributed by atoms with Crippen molar-refractivity contribution in [2.24, 2.45) is 5.41 Å². The normalized spacial score (nSPS) is 27.0. The van der Waals surface area contributed by atoms with Gasteiger partial charge in [-0.15, -0.1) is 0 Å². The molecule has 24 heavy (non-hydrogen) atoms. The highest BCUT2D eigenvalue weighted by Gasteiger charge is 2.44. The number of likely N-dealkylation sites (N-methyl/N-ethyl adjacent to an activating group) is 2. The highest BCUT2D eigenvalue weighted by molar-refractivity contribution is 5.22. The average molecular weight is 335 g/mol. The van der Waals surface area contributed by atoms with Gasteiger partial charge in [-0.3, -0.25) is 5.10 Å². The van der Waals surface area contributed by atoms with Gasteiger partial charge >= 0.3 is 0 Å². The van der Waals surface area contributed by atoms with Crippen molar-refractivity contribution in [2.45, 2.75) is 69.9 Å². The van der Waals surface area contributed by atoms with E-state index in [0.29, 0.717) is 5.92 Å². The molecule has 0 unspecified atom stereocenters. The van der Waals surface area contributed by atoms with E-state index in [4.69, 9.17) is 0 Å². The Bertz CT molecular complexity index is 509. The number of rotatable bonds is 6. The molecule has 2 saturated carbocycles. The van der Waals surface area contributed by atoms with Crippen LogP contribution in [0.3, 0.4) is 0 Å². The van der Waals surface area contributed by atoms with E-state index in [1.807, 2.05) is 13.2 Å². The van der Waals surface area contributed by atoms with Crippen molar-refractivity contribution in [3.63, 3.8) is 0 Å². The molecule has 5 heteroatoms. The maximum Gasteiger partial charge on any atom is 0.0596 e. The molecule has 0 aromatic carbocycles. The van der Waals surface area contributed by atoms with Gasteiger partial charge in [-0.25, -0.2) is 0 Å². The van der Waals surface area contributed by atoms with Crippen molar-refractivity contribution in [1.82, 2.24) is 20.4 Å². The smallest absolute Gasteiger partial charge is 0.0596 e. The number of aromatic amines is 1. The van der Waals surface area contributed by atoms with E-state index in [9.17, 15) is 5.11 Å². The number of aromatic nitrogens is 2. The average Bonchev–Trinajstić information content (AvgIpc) is 3.04. The summed E-state index contributed by atoms with van der Waals surface area (Å²) in [6, 6.07) is 0. The third-order valence-electron chi connectivity index (χ3n) is 6.34. The first kappa shape index (κ1) is 17.9. The Kier molecular flexibility index (Phi) is 5.95. The summed E-state index contributed by atoms with van der Waals surface area (Å²) in [5.74, 6) is 0.529. The van der Waals surface area contributed by atoms with Crippen LogP contribution in [0.25, 0.3) is 0 Å². The number of nitrogens with one attached hydrogen (secondary N) is 2. The first-order chi connectivity index (χ1) is 11.6. The Labute approximate surface area is 146 Å². The number of H-pyrrole nitrogens is 1. The highest BCUT2D eigenvalue weighted by atomic mass is 16.3. The maximum atomic E-state index is 10.7. The van der Waals surface area contributed by atoms with E-state index in [1.54, 1.807) is 0 Å². The fourth-order valence-electron chi connectivity index (χ4n) is 4.91. The van der Waals surface area contributed by atoms with Gasteiger partial charge in [-0.05, 0) is 51.6 Å². The van der Waals surface area contributed by atoms with Crippen LogP contribution in [-0.4, -0.2) is 53.5 Å². The molecule has 1 heterocycles. The van der Waals surface area contributed by atoms with Crippen LogP contribution < -0.4 is 5.32 Å². The SMILES string of the molecule is CNCCN(C)Cc1cn[nH]c1[C@H]1CC[C@H](O)C2(CCCCC2)C1. The highest BCUT2D eigenvalue weighted by Crippen LogP contribution is 2.52. The number of aliphatic hydroxyl groups is 1. The minimum atomic E-state index is -0.0984. The second-order valence-corrected chi connectivity index (χ2v) is 8.07. The van der Waals surface area contributed by atoms with Gasteiger partial charge in [-0.1, -0.05) is 19.3 Å². The van der Waals surface area contributed by atoms with Gasteiger partial charge in [0.1, 0.15) is 0 Å². The van der Waals surface area contributed by atoms with Crippen LogP contribution in [-0.2, 0) is 6.54 Å². The first-order valence-corrected chi connectivity index (χ1v) is 9.68. The molecule has 2 aliphatic carbocycles. The number of hydrogen-bond donors (Lipinski definition) is 3. The van der Waals surface area contributed by atoms with Crippen molar-refractivity contribution in [3.8, 4) is 0 Å². The van der Waals surface area contributed by atoms with Gasteiger partial charge in [0.15, 0.2) is 0 Å². The van der Waals surface area contributed by atoms with Crippen LogP contribution in [0.15, 0.2) is 6.20 Å². The summed E-state index contributed by atoms with van der Waals surface area (Å²) in [5, 5.41) is 21.5. The number of aliphatic hydroxyl groups excluding tert-OH is 1. The minimum Gasteiger partial charge on any atom is -0.393 e. The maximum absolute atomic E-state index is 10.7. The lowest BCUT2D eigenvalue weighted by Crippen LogP contribution is -2.42. The van der Waals surface area contributed by atoms with E-state index in [1.165, 1.54) is 43.4 Å². The standard InChI is InChI=1S/C19H34N4O/c1-20-10-11-23(2)14-16-13-21-22-18(16)15-6-7-17(24)19(12-15)8-4-3-5-9-19/h13,15,17,20,24H,3-12,14H2,1-2H3,(H,21,22)/t15-,17-/m0/s1. The summed E-state index contributed by atoms with van der Waals surface area (Å²) in [6.07, 6.45) is 11.4. The summed E-state index contributed by atoms with van der Waals surface area (Å²) >= 11 is 0. The molecule has 3 rings (SSSR count). The zero-order chi connectivity index (χ0) is 17.0. The third-order valence-corrected chi connectivity index (χ3v) is 6.34. The molecule has 0 amide bonds. The Hall–Kier alpha value is -0.910. The molecule has 5 nitrogen and oxygen atoms in total. The largest absolute Gasteiger partial charge is 0.393 e. The van der Waals surface area contributed by atoms with Gasteiger partial charge in [-0.2, -0.15) is 5.10 Å². The van der Waals surface area contributed by atoms with Crippen molar-refractivity contribution >= 4 is 0 Å². The van der Waals surface area contributed by atoms with Crippen LogP contribution in [0, 0.1) is 5.41 Å². The molecular weight excluding hydrogens is 300 g/mol. The zero-order valence-corrected chi connectivity index (χ0v) is 15.4. The Balaban J connectivity index is 1.69. The molecule has 0 aliphatic heterocycles. The molecule has 1 spiro atoms. The predicted molar refractivity (Wildman–Crippen MR) is 97.0 cm³/mol. The van der Waals surface area contributed by atoms with Crippen LogP contribution in [0.2, 0.25) is 0 Å². The molecule has 0 radical (unpaired) electrons. The third kappa shape index (κ3) is 3.84. The van der Waals surface area contributed by atoms with Crippen molar-refractivity contribution in [2.75, 3.05) is 27.2 Å². The predicted octanol–water partition coefficient (Wildman–Crippen LogP) is 2.64. The zero-order valence-electron chi connectivity index (χ0n) is 15.4. The summed E-state index contributed by atoms with van der Waals surface area (Å²) in [4.78, 5) is 2.35. The van der Waals surface area contributed by atoms with Gasteiger partial charge < -0.3 is 15.3 Å². The Morgan fingerprint density at radius 1 is 1.33 bits per heavy atom. The lowest BCUT2D eigenvalue weighted by atomic mass is 9.60. The minimum absolute atomic E-state index is 0.0984. The van der Waals surface area contributed by atoms with Gasteiger partial charge in [0, 0.05) is 36.8 Å². The summed E-state index contributed by atoms with van der Waals surface area (Å²) in [5.41, 5.74) is 2.82. The first-order valence-electron chi connectivity index (χ1n) is 9.68. The lowest BCUT2D eigenvalue weighted by molar-refractivity contribution is -0.0438. The molecule has 1 aromatic heterocycles. The van der Waals surface area contributed by atoms with Crippen LogP contribution in [0.1, 0.15) is 68.5 Å². The van der Waals surface area contributed by atoms with Crippen molar-refractivity contribution in [3.05, 3.63) is 17.5 Å². The van der Waals surface area contributed by atoms with Crippen molar-refractivity contribution < 1.29 is 5.11 Å². The Morgan fingerprint density at radius 3 is 2.88 bits per heavy atom. The summed E-state index contributed by atoms with van der Waals surface area (Å²) < 4.78 is 0. The van der Waals surface area contributed by atoms with Gasteiger partial charge in [0.05, 0.1) is 12.3 Å². The Morgan fingerprint density at radius 2 is 2.12 bits per heavy atom. The topological polar surface area (TPSA) is 64.2 Å². The fraction of sp³-hybridized carbons (Fsp3) is 0.842. The fourth-order valence-corrected chi connectivity index (χ4v) is 4.91. The van der Waals surface area contributed by atoms with Crippen molar-refractivity contribution in [1.29, 1.82) is 0 Å². The van der Waals surface area contributed by atoms with Crippen LogP contribution in [0.5, 0.6) is 0 Å². The summed E-state index contributed by atoms with van der Waals surface area (Å²) in [7, 11) is 4.16.